The predicted octanol–water partition coefficient (Wildman–Crippen LogP) is 3.01. The van der Waals surface area contributed by atoms with Gasteiger partial charge in [-0.25, -0.2) is 9.59 Å². The summed E-state index contributed by atoms with van der Waals surface area (Å²) in [6.07, 6.45) is -0.333. The average Bonchev–Trinajstić information content (AvgIpc) is 3.58. The van der Waals surface area contributed by atoms with Crippen molar-refractivity contribution in [2.24, 2.45) is 0 Å². The first-order chi connectivity index (χ1) is 15.9. The van der Waals surface area contributed by atoms with Crippen molar-refractivity contribution in [3.63, 3.8) is 0 Å². The molecule has 174 valence electrons. The molecule has 1 atom stereocenters. The SMILES string of the molecule is COC(CNC(=O)OCC1c2ccccc2-c2ccccc21)CC(=O)N(C)C1(C(=O)O)CC1. The van der Waals surface area contributed by atoms with Crippen molar-refractivity contribution in [2.45, 2.75) is 36.8 Å². The number of nitrogens with one attached hydrogen (secondary N) is 1. The summed E-state index contributed by atoms with van der Waals surface area (Å²) in [6.45, 7) is 0.271. The summed E-state index contributed by atoms with van der Waals surface area (Å²) in [5.41, 5.74) is 3.46. The number of nitrogens with zero attached hydrogens (tertiary/aromatic N) is 1. The van der Waals surface area contributed by atoms with Gasteiger partial charge in [0.25, 0.3) is 0 Å². The molecule has 0 radical (unpaired) electrons. The highest BCUT2D eigenvalue weighted by atomic mass is 16.5. The van der Waals surface area contributed by atoms with Crippen LogP contribution in [0.2, 0.25) is 0 Å². The molecule has 4 rings (SSSR count). The van der Waals surface area contributed by atoms with Gasteiger partial charge in [-0.1, -0.05) is 48.5 Å². The lowest BCUT2D eigenvalue weighted by Crippen LogP contribution is -2.46. The standard InChI is InChI=1S/C25H28N2O6/c1-27(25(11-12-25)23(29)30)22(28)13-16(32-2)14-26-24(31)33-15-21-19-9-5-3-7-17(19)18-8-4-6-10-20(18)21/h3-10,16,21H,11-15H2,1-2H3,(H,26,31)(H,29,30). The van der Waals surface area contributed by atoms with Crippen molar-refractivity contribution in [2.75, 3.05) is 27.3 Å². The smallest absolute Gasteiger partial charge is 0.407 e. The number of carboxylic acids is 1. The van der Waals surface area contributed by atoms with Crippen LogP contribution in [0.4, 0.5) is 4.79 Å². The summed E-state index contributed by atoms with van der Waals surface area (Å²) >= 11 is 0. The van der Waals surface area contributed by atoms with E-state index >= 15 is 0 Å². The third-order valence-electron chi connectivity index (χ3n) is 6.69. The number of aliphatic carboxylic acids is 1. The lowest BCUT2D eigenvalue weighted by molar-refractivity contribution is -0.151. The van der Waals surface area contributed by atoms with E-state index in [9.17, 15) is 19.5 Å². The molecule has 0 aromatic heterocycles. The van der Waals surface area contributed by atoms with E-state index in [2.05, 4.69) is 17.4 Å². The Morgan fingerprint density at radius 2 is 1.67 bits per heavy atom. The molecule has 8 heteroatoms. The molecule has 33 heavy (non-hydrogen) atoms. The summed E-state index contributed by atoms with van der Waals surface area (Å²) in [4.78, 5) is 37.6. The minimum atomic E-state index is -1.10. The Morgan fingerprint density at radius 1 is 1.09 bits per heavy atom. The summed E-state index contributed by atoms with van der Waals surface area (Å²) in [7, 11) is 2.94. The van der Waals surface area contributed by atoms with Crippen LogP contribution >= 0.6 is 0 Å². The lowest BCUT2D eigenvalue weighted by atomic mass is 9.98. The minimum absolute atomic E-state index is 0.0360. The zero-order chi connectivity index (χ0) is 23.6. The second-order valence-corrected chi connectivity index (χ2v) is 8.56. The van der Waals surface area contributed by atoms with E-state index in [0.717, 1.165) is 22.3 Å². The molecule has 0 heterocycles. The molecule has 1 unspecified atom stereocenters. The Balaban J connectivity index is 1.30. The number of carboxylic acid groups (broad SMARTS) is 1. The van der Waals surface area contributed by atoms with Gasteiger partial charge in [0, 0.05) is 26.6 Å². The molecule has 0 aliphatic heterocycles. The number of hydrogen-bond acceptors (Lipinski definition) is 5. The molecule has 1 fully saturated rings. The Hall–Kier alpha value is -3.39. The first-order valence-electron chi connectivity index (χ1n) is 11.0. The van der Waals surface area contributed by atoms with Gasteiger partial charge in [0.15, 0.2) is 0 Å². The van der Waals surface area contributed by atoms with Crippen LogP contribution < -0.4 is 5.32 Å². The van der Waals surface area contributed by atoms with Crippen LogP contribution in [0.5, 0.6) is 0 Å². The van der Waals surface area contributed by atoms with Crippen molar-refractivity contribution in [1.29, 1.82) is 0 Å². The number of hydrogen-bond donors (Lipinski definition) is 2. The lowest BCUT2D eigenvalue weighted by Gasteiger charge is -2.26. The van der Waals surface area contributed by atoms with E-state index < -0.39 is 23.7 Å². The van der Waals surface area contributed by atoms with E-state index in [-0.39, 0.29) is 31.4 Å². The van der Waals surface area contributed by atoms with Gasteiger partial charge in [0.1, 0.15) is 12.1 Å². The predicted molar refractivity (Wildman–Crippen MR) is 121 cm³/mol. The van der Waals surface area contributed by atoms with Gasteiger partial charge in [-0.3, -0.25) is 4.79 Å². The van der Waals surface area contributed by atoms with Gasteiger partial charge in [-0.15, -0.1) is 0 Å². The molecule has 2 aliphatic carbocycles. The third-order valence-corrected chi connectivity index (χ3v) is 6.69. The molecule has 2 aliphatic rings. The number of alkyl carbamates (subject to hydrolysis) is 1. The van der Waals surface area contributed by atoms with Gasteiger partial charge < -0.3 is 24.8 Å². The number of ether oxygens (including phenoxy) is 2. The highest BCUT2D eigenvalue weighted by molar-refractivity contribution is 5.89. The average molecular weight is 453 g/mol. The van der Waals surface area contributed by atoms with Gasteiger partial charge in [0.2, 0.25) is 5.91 Å². The first kappa shape index (κ1) is 22.8. The molecule has 8 nitrogen and oxygen atoms in total. The van der Waals surface area contributed by atoms with Crippen molar-refractivity contribution in [1.82, 2.24) is 10.2 Å². The first-order valence-corrected chi connectivity index (χ1v) is 11.0. The fourth-order valence-corrected chi connectivity index (χ4v) is 4.47. The van der Waals surface area contributed by atoms with Crippen LogP contribution in [-0.4, -0.2) is 66.9 Å². The Kier molecular flexibility index (Phi) is 6.37. The van der Waals surface area contributed by atoms with Gasteiger partial charge >= 0.3 is 12.1 Å². The molecule has 2 amide bonds. The van der Waals surface area contributed by atoms with Crippen molar-refractivity contribution >= 4 is 18.0 Å². The van der Waals surface area contributed by atoms with Crippen LogP contribution in [0.1, 0.15) is 36.3 Å². The van der Waals surface area contributed by atoms with Gasteiger partial charge in [-0.05, 0) is 35.1 Å². The van der Waals surface area contributed by atoms with Gasteiger partial charge in [-0.2, -0.15) is 0 Å². The van der Waals surface area contributed by atoms with E-state index in [1.807, 2.05) is 36.4 Å². The van der Waals surface area contributed by atoms with Crippen molar-refractivity contribution < 1.29 is 29.0 Å². The molecule has 2 aromatic carbocycles. The van der Waals surface area contributed by atoms with Crippen LogP contribution in [0.25, 0.3) is 11.1 Å². The minimum Gasteiger partial charge on any atom is -0.479 e. The van der Waals surface area contributed by atoms with Gasteiger partial charge in [0.05, 0.1) is 12.5 Å². The molecule has 0 bridgehead atoms. The monoisotopic (exact) mass is 452 g/mol. The molecule has 2 N–H and O–H groups in total. The number of benzene rings is 2. The highest BCUT2D eigenvalue weighted by Gasteiger charge is 2.55. The van der Waals surface area contributed by atoms with Crippen LogP contribution in [-0.2, 0) is 19.1 Å². The molecular formula is C25H28N2O6. The maximum atomic E-state index is 12.5. The quantitative estimate of drug-likeness (QED) is 0.606. The van der Waals surface area contributed by atoms with Crippen molar-refractivity contribution in [3.8, 4) is 11.1 Å². The van der Waals surface area contributed by atoms with E-state index in [4.69, 9.17) is 9.47 Å². The van der Waals surface area contributed by atoms with Crippen LogP contribution in [0.15, 0.2) is 48.5 Å². The number of carbonyl (C=O) groups excluding carboxylic acids is 2. The van der Waals surface area contributed by atoms with Crippen molar-refractivity contribution in [3.05, 3.63) is 59.7 Å². The maximum absolute atomic E-state index is 12.5. The summed E-state index contributed by atoms with van der Waals surface area (Å²) < 4.78 is 10.8. The largest absolute Gasteiger partial charge is 0.479 e. The molecule has 1 saturated carbocycles. The highest BCUT2D eigenvalue weighted by Crippen LogP contribution is 2.44. The van der Waals surface area contributed by atoms with E-state index in [0.29, 0.717) is 12.8 Å². The number of rotatable bonds is 9. The maximum Gasteiger partial charge on any atom is 0.407 e. The summed E-state index contributed by atoms with van der Waals surface area (Å²) in [5.74, 6) is -1.37. The summed E-state index contributed by atoms with van der Waals surface area (Å²) in [6, 6.07) is 16.2. The zero-order valence-electron chi connectivity index (χ0n) is 18.7. The van der Waals surface area contributed by atoms with E-state index in [1.54, 1.807) is 0 Å². The molecule has 0 spiro atoms. The number of methoxy groups -OCH3 is 1. The number of amides is 2. The Bertz CT molecular complexity index is 1020. The fourth-order valence-electron chi connectivity index (χ4n) is 4.47. The molecule has 2 aromatic rings. The zero-order valence-corrected chi connectivity index (χ0v) is 18.7. The second kappa shape index (κ2) is 9.23. The normalized spacial score (nSPS) is 16.3. The molecular weight excluding hydrogens is 424 g/mol. The van der Waals surface area contributed by atoms with Crippen LogP contribution in [0.3, 0.4) is 0 Å². The fraction of sp³-hybridized carbons (Fsp3) is 0.400. The Labute approximate surface area is 192 Å². The van der Waals surface area contributed by atoms with Crippen LogP contribution in [0, 0.1) is 0 Å². The molecule has 0 saturated heterocycles. The van der Waals surface area contributed by atoms with E-state index in [1.165, 1.54) is 19.1 Å². The number of fused-ring (bicyclic) bond motifs is 3. The third kappa shape index (κ3) is 4.43. The second-order valence-electron chi connectivity index (χ2n) is 8.56. The number of likely N-dealkylation sites (N-methyl/N-ethyl adjacent to an activating group) is 1. The number of carbonyl (C=O) groups is 3. The summed E-state index contributed by atoms with van der Waals surface area (Å²) in [5, 5.41) is 12.0. The topological polar surface area (TPSA) is 105 Å². The Morgan fingerprint density at radius 3 is 2.18 bits per heavy atom.